The molecule has 3 unspecified atom stereocenters. The smallest absolute Gasteiger partial charge is 0.310 e. The van der Waals surface area contributed by atoms with Crippen molar-refractivity contribution in [2.45, 2.75) is 80.0 Å². The van der Waals surface area contributed by atoms with Crippen molar-refractivity contribution in [1.29, 1.82) is 5.26 Å². The molecule has 1 aliphatic carbocycles. The summed E-state index contributed by atoms with van der Waals surface area (Å²) in [6, 6.07) is 2.09. The number of rotatable bonds is 7. The van der Waals surface area contributed by atoms with E-state index in [-0.39, 0.29) is 43.5 Å². The Hall–Kier alpha value is -3.58. The third-order valence-corrected chi connectivity index (χ3v) is 9.02. The maximum atomic E-state index is 14.3. The minimum absolute atomic E-state index is 0.0482. The number of hydrogen-bond donors (Lipinski definition) is 2. The first kappa shape index (κ1) is 32.3. The highest BCUT2D eigenvalue weighted by atomic mass is 32.5. The topological polar surface area (TPSA) is 110 Å². The highest BCUT2D eigenvalue weighted by Gasteiger charge is 2.65. The number of nitrogens with zero attached hydrogens (tertiary/aromatic N) is 4. The first-order valence-electron chi connectivity index (χ1n) is 13.2. The zero-order valence-corrected chi connectivity index (χ0v) is 23.9. The van der Waals surface area contributed by atoms with Crippen molar-refractivity contribution in [1.82, 2.24) is 15.2 Å². The number of aromatic nitrogens is 1. The summed E-state index contributed by atoms with van der Waals surface area (Å²) in [6.07, 6.45) is 2.85. The summed E-state index contributed by atoms with van der Waals surface area (Å²) in [6.45, 7) is 2.34. The van der Waals surface area contributed by atoms with Crippen LogP contribution in [0.5, 0.6) is 0 Å². The van der Waals surface area contributed by atoms with Crippen LogP contribution in [0.15, 0.2) is 53.7 Å². The second-order valence-corrected chi connectivity index (χ2v) is 13.9. The van der Waals surface area contributed by atoms with Gasteiger partial charge in [-0.1, -0.05) is 25.5 Å². The molecule has 2 N–H and O–H groups in total. The number of carbonyl (C=O) groups is 2. The Kier molecular flexibility index (Phi) is 7.51. The predicted octanol–water partition coefficient (Wildman–Crippen LogP) is 5.99. The van der Waals surface area contributed by atoms with Crippen molar-refractivity contribution in [3.63, 3.8) is 0 Å². The number of carbonyl (C=O) groups excluding carboxylic acids is 2. The van der Waals surface area contributed by atoms with Crippen LogP contribution in [0.1, 0.15) is 51.5 Å². The zero-order valence-electron chi connectivity index (χ0n) is 23.1. The largest absolute Gasteiger partial charge is 0.388 e. The van der Waals surface area contributed by atoms with Gasteiger partial charge >= 0.3 is 10.2 Å². The van der Waals surface area contributed by atoms with Crippen LogP contribution in [0.2, 0.25) is 0 Å². The lowest BCUT2D eigenvalue weighted by Gasteiger charge is -2.44. The molecule has 1 aromatic heterocycles. The molecule has 1 aromatic carbocycles. The van der Waals surface area contributed by atoms with Crippen LogP contribution >= 0.6 is 10.2 Å². The van der Waals surface area contributed by atoms with Crippen LogP contribution in [0.3, 0.4) is 0 Å². The molecule has 1 saturated heterocycles. The van der Waals surface area contributed by atoms with E-state index in [4.69, 9.17) is 0 Å². The molecule has 8 nitrogen and oxygen atoms in total. The van der Waals surface area contributed by atoms with Crippen molar-refractivity contribution in [2.24, 2.45) is 0 Å². The lowest BCUT2D eigenvalue weighted by Crippen LogP contribution is -2.61. The number of alkyl halides is 2. The van der Waals surface area contributed by atoms with Crippen molar-refractivity contribution >= 4 is 27.7 Å². The van der Waals surface area contributed by atoms with Gasteiger partial charge in [0.15, 0.2) is 11.7 Å². The number of anilines is 1. The number of nitrogens with one attached hydrogen (secondary N) is 1. The summed E-state index contributed by atoms with van der Waals surface area (Å²) in [7, 11) is -10.1. The fraction of sp³-hybridized carbons (Fsp3) is 0.481. The molecule has 0 spiro atoms. The molecule has 3 atom stereocenters. The van der Waals surface area contributed by atoms with Crippen LogP contribution in [-0.2, 0) is 15.1 Å². The first-order chi connectivity index (χ1) is 19.6. The van der Waals surface area contributed by atoms with Gasteiger partial charge in [-0.3, -0.25) is 24.4 Å². The molecule has 4 rings (SSSR count). The molecule has 16 heteroatoms. The van der Waals surface area contributed by atoms with E-state index in [0.29, 0.717) is 12.1 Å². The van der Waals surface area contributed by atoms with Gasteiger partial charge in [0.2, 0.25) is 5.92 Å². The second-order valence-electron chi connectivity index (χ2n) is 11.5. The van der Waals surface area contributed by atoms with Crippen molar-refractivity contribution < 1.29 is 42.9 Å². The summed E-state index contributed by atoms with van der Waals surface area (Å²) in [5, 5.41) is 23.0. The van der Waals surface area contributed by atoms with Crippen LogP contribution < -0.4 is 10.2 Å². The number of likely N-dealkylation sites (tertiary alicyclic amines) is 1. The van der Waals surface area contributed by atoms with Crippen LogP contribution in [0, 0.1) is 11.5 Å². The van der Waals surface area contributed by atoms with Gasteiger partial charge in [0.1, 0.15) is 10.9 Å². The molecular weight excluding hydrogens is 607 g/mol. The van der Waals surface area contributed by atoms with Gasteiger partial charge < -0.3 is 10.4 Å². The summed E-state index contributed by atoms with van der Waals surface area (Å²) in [4.78, 5) is 31.9. The van der Waals surface area contributed by atoms with Gasteiger partial charge in [-0.25, -0.2) is 8.78 Å². The fourth-order valence-electron chi connectivity index (χ4n) is 5.52. The van der Waals surface area contributed by atoms with Crippen LogP contribution in [0.4, 0.5) is 33.9 Å². The van der Waals surface area contributed by atoms with E-state index in [0.717, 1.165) is 9.80 Å². The van der Waals surface area contributed by atoms with Gasteiger partial charge in [-0.2, -0.15) is 5.26 Å². The molecule has 1 saturated carbocycles. The average Bonchev–Trinajstić information content (AvgIpc) is 3.23. The number of benzene rings is 1. The molecule has 2 aromatic rings. The minimum atomic E-state index is -10.1. The van der Waals surface area contributed by atoms with Crippen molar-refractivity contribution in [3.8, 4) is 6.19 Å². The number of aliphatic hydroxyl groups is 1. The Morgan fingerprint density at radius 2 is 1.74 bits per heavy atom. The Labute approximate surface area is 243 Å². The Morgan fingerprint density at radius 1 is 1.14 bits per heavy atom. The molecule has 236 valence electrons. The standard InChI is InChI=1S/C27H30F7N5O3S/c1-25(42)14-22(38(16-25)17-35)23(40)39(20-5-7-21(8-6-20)43(30,31,32,33)34)26(2,18-4-3-13-36-15-18)24(41)37-19-9-11-27(28,29)12-10-19/h3-8,13,15,19,22,42H,9-12,14,16H2,1-2H3,(H,37,41). The first-order valence-corrected chi connectivity index (χ1v) is 15.2. The number of halogens is 7. The zero-order chi connectivity index (χ0) is 32.1. The summed E-state index contributed by atoms with van der Waals surface area (Å²) >= 11 is 0. The Morgan fingerprint density at radius 3 is 2.26 bits per heavy atom. The quantitative estimate of drug-likeness (QED) is 0.285. The molecule has 43 heavy (non-hydrogen) atoms. The van der Waals surface area contributed by atoms with Crippen molar-refractivity contribution in [2.75, 3.05) is 11.4 Å². The summed E-state index contributed by atoms with van der Waals surface area (Å²) in [5.41, 5.74) is -4.03. The minimum Gasteiger partial charge on any atom is -0.388 e. The number of hydrogen-bond acceptors (Lipinski definition) is 6. The number of nitriles is 1. The van der Waals surface area contributed by atoms with Gasteiger partial charge in [0, 0.05) is 48.9 Å². The molecule has 2 aliphatic rings. The Bertz CT molecular complexity index is 1430. The number of pyridine rings is 1. The lowest BCUT2D eigenvalue weighted by atomic mass is 9.86. The predicted molar refractivity (Wildman–Crippen MR) is 144 cm³/mol. The van der Waals surface area contributed by atoms with E-state index in [1.165, 1.54) is 38.4 Å². The number of amides is 2. The van der Waals surface area contributed by atoms with E-state index in [1.807, 2.05) is 0 Å². The summed E-state index contributed by atoms with van der Waals surface area (Å²) < 4.78 is 95.2. The monoisotopic (exact) mass is 637 g/mol. The molecule has 1 aliphatic heterocycles. The number of β-amino-alcohol motifs (C(OH)–C–C–N with tert-alkyl or cyclic N) is 1. The van der Waals surface area contributed by atoms with Gasteiger partial charge in [-0.05, 0) is 57.0 Å². The van der Waals surface area contributed by atoms with Gasteiger partial charge in [-0.15, -0.1) is 0 Å². The summed E-state index contributed by atoms with van der Waals surface area (Å²) in [5.74, 6) is -4.83. The van der Waals surface area contributed by atoms with E-state index >= 15 is 0 Å². The molecule has 2 amide bonds. The van der Waals surface area contributed by atoms with Crippen LogP contribution in [0.25, 0.3) is 0 Å². The molecule has 2 heterocycles. The van der Waals surface area contributed by atoms with E-state index in [9.17, 15) is 48.2 Å². The third-order valence-electron chi connectivity index (χ3n) is 7.86. The van der Waals surface area contributed by atoms with Crippen molar-refractivity contribution in [3.05, 3.63) is 54.4 Å². The second kappa shape index (κ2) is 9.98. The van der Waals surface area contributed by atoms with Gasteiger partial charge in [0.05, 0.1) is 12.1 Å². The maximum absolute atomic E-state index is 14.3. The highest BCUT2D eigenvalue weighted by molar-refractivity contribution is 8.45. The molecular formula is C27H30F7N5O3S. The normalized spacial score (nSPS) is 25.5. The SMILES string of the molecule is CC1(O)CC(C(=O)N(c2ccc(S(F)(F)(F)(F)F)cc2)C(C)(C(=O)NC2CCC(F)(F)CC2)c2cccnc2)N(C#N)C1. The van der Waals surface area contributed by atoms with Crippen LogP contribution in [-0.4, -0.2) is 57.0 Å². The average molecular weight is 638 g/mol. The molecule has 2 fully saturated rings. The molecule has 0 bridgehead atoms. The third kappa shape index (κ3) is 6.82. The van der Waals surface area contributed by atoms with E-state index in [1.54, 1.807) is 6.19 Å². The lowest BCUT2D eigenvalue weighted by molar-refractivity contribution is -0.133. The highest BCUT2D eigenvalue weighted by Crippen LogP contribution is 3.02. The van der Waals surface area contributed by atoms with E-state index < -0.39 is 74.6 Å². The van der Waals surface area contributed by atoms with E-state index in [2.05, 4.69) is 10.3 Å². The van der Waals surface area contributed by atoms with Gasteiger partial charge in [0.25, 0.3) is 11.8 Å². The fourth-order valence-corrected chi connectivity index (χ4v) is 6.17. The molecule has 0 radical (unpaired) electrons. The maximum Gasteiger partial charge on any atom is 0.310 e. The Balaban J connectivity index is 1.87.